The molecule has 7 nitrogen and oxygen atoms in total. The van der Waals surface area contributed by atoms with E-state index in [0.717, 1.165) is 16.0 Å². The molecule has 3 aromatic rings. The number of halogens is 2. The second kappa shape index (κ2) is 9.46. The van der Waals surface area contributed by atoms with Crippen LogP contribution in [0.5, 0.6) is 0 Å². The Morgan fingerprint density at radius 3 is 2.81 bits per heavy atom. The highest BCUT2D eigenvalue weighted by Crippen LogP contribution is 2.44. The molecular weight excluding hydrogens is 471 g/mol. The quantitative estimate of drug-likeness (QED) is 0.408. The lowest BCUT2D eigenvalue weighted by Crippen LogP contribution is -2.19. The number of carbonyl (C=O) groups excluding carboxylic acids is 1. The van der Waals surface area contributed by atoms with Crippen molar-refractivity contribution < 1.29 is 14.3 Å². The topological polar surface area (TPSA) is 85.4 Å². The fourth-order valence-electron chi connectivity index (χ4n) is 3.46. The number of nitrogens with zero attached hydrogens (tertiary/aromatic N) is 2. The zero-order chi connectivity index (χ0) is 22.8. The van der Waals surface area contributed by atoms with Crippen molar-refractivity contribution in [2.24, 2.45) is 0 Å². The molecule has 2 aromatic heterocycles. The Morgan fingerprint density at radius 1 is 1.28 bits per heavy atom. The van der Waals surface area contributed by atoms with E-state index in [1.807, 2.05) is 31.2 Å². The number of hydrogen-bond acceptors (Lipinski definition) is 7. The molecular formula is C22H20Cl2N4O3S. The fourth-order valence-corrected chi connectivity index (χ4v) is 5.36. The van der Waals surface area contributed by atoms with Crippen LogP contribution in [0.15, 0.2) is 46.3 Å². The van der Waals surface area contributed by atoms with Gasteiger partial charge in [-0.2, -0.15) is 0 Å². The van der Waals surface area contributed by atoms with E-state index in [2.05, 4.69) is 20.6 Å². The van der Waals surface area contributed by atoms with Gasteiger partial charge in [-0.05, 0) is 18.6 Å². The molecule has 1 aromatic carbocycles. The molecule has 1 unspecified atom stereocenters. The van der Waals surface area contributed by atoms with Gasteiger partial charge in [0, 0.05) is 25.2 Å². The van der Waals surface area contributed by atoms with Crippen molar-refractivity contribution in [2.75, 3.05) is 24.9 Å². The summed E-state index contributed by atoms with van der Waals surface area (Å²) in [4.78, 5) is 20.1. The summed E-state index contributed by atoms with van der Waals surface area (Å²) in [5.41, 5.74) is 3.73. The van der Waals surface area contributed by atoms with E-state index < -0.39 is 0 Å². The van der Waals surface area contributed by atoms with Crippen molar-refractivity contribution in [3.05, 3.63) is 56.9 Å². The van der Waals surface area contributed by atoms with Crippen molar-refractivity contribution in [2.45, 2.75) is 19.4 Å². The molecule has 0 radical (unpaired) electrons. The van der Waals surface area contributed by atoms with E-state index in [1.54, 1.807) is 20.4 Å². The summed E-state index contributed by atoms with van der Waals surface area (Å²) in [6, 6.07) is 7.54. The van der Waals surface area contributed by atoms with Crippen LogP contribution in [-0.2, 0) is 14.3 Å². The Morgan fingerprint density at radius 2 is 2.09 bits per heavy atom. The SMILES string of the molecule is COC1=C(Cl)C(c2nc3cnc(Nc4c(C)cccc4NC=O)cc3s2)=C(Cl)C(OC)C1. The number of methoxy groups -OCH3 is 2. The number of fused-ring (bicyclic) bond motifs is 1. The van der Waals surface area contributed by atoms with Crippen LogP contribution in [0.3, 0.4) is 0 Å². The van der Waals surface area contributed by atoms with Crippen molar-refractivity contribution in [3.63, 3.8) is 0 Å². The summed E-state index contributed by atoms with van der Waals surface area (Å²) in [6.07, 6.45) is 2.44. The average Bonchev–Trinajstić information content (AvgIpc) is 3.19. The maximum Gasteiger partial charge on any atom is 0.211 e. The Labute approximate surface area is 199 Å². The first-order valence-electron chi connectivity index (χ1n) is 9.66. The van der Waals surface area contributed by atoms with Gasteiger partial charge in [-0.3, -0.25) is 4.79 Å². The Balaban J connectivity index is 1.73. The van der Waals surface area contributed by atoms with Crippen LogP contribution in [0.2, 0.25) is 0 Å². The van der Waals surface area contributed by atoms with Crippen LogP contribution in [0.4, 0.5) is 17.2 Å². The number of ether oxygens (including phenoxy) is 2. The number of amides is 1. The van der Waals surface area contributed by atoms with Crippen molar-refractivity contribution >= 4 is 73.9 Å². The van der Waals surface area contributed by atoms with Crippen molar-refractivity contribution in [3.8, 4) is 0 Å². The zero-order valence-electron chi connectivity index (χ0n) is 17.5. The van der Waals surface area contributed by atoms with Crippen LogP contribution in [0.1, 0.15) is 17.0 Å². The lowest BCUT2D eigenvalue weighted by atomic mass is 10.0. The number of nitrogens with one attached hydrogen (secondary N) is 2. The number of carbonyl (C=O) groups is 1. The number of benzene rings is 1. The van der Waals surface area contributed by atoms with Crippen molar-refractivity contribution in [1.82, 2.24) is 9.97 Å². The standard InChI is InChI=1S/C22H20Cl2N4O3S/c1-11-5-4-6-12(26-10-29)21(11)28-17-8-16-13(9-25-17)27-22(32-16)18-19(23)14(30-2)7-15(31-3)20(18)24/h4-6,8-10,14H,7H2,1-3H3,(H,25,28)(H,26,29). The molecule has 1 aliphatic rings. The zero-order valence-corrected chi connectivity index (χ0v) is 19.9. The van der Waals surface area contributed by atoms with E-state index in [0.29, 0.717) is 56.3 Å². The van der Waals surface area contributed by atoms with Crippen LogP contribution >= 0.6 is 34.5 Å². The Kier molecular flexibility index (Phi) is 6.66. The van der Waals surface area contributed by atoms with E-state index in [-0.39, 0.29) is 6.10 Å². The minimum atomic E-state index is -0.351. The van der Waals surface area contributed by atoms with Gasteiger partial charge < -0.3 is 20.1 Å². The predicted octanol–water partition coefficient (Wildman–Crippen LogP) is 5.78. The number of pyridine rings is 1. The van der Waals surface area contributed by atoms with Crippen LogP contribution in [0.25, 0.3) is 15.8 Å². The number of thiazole rings is 1. The number of rotatable bonds is 7. The molecule has 0 spiro atoms. The average molecular weight is 491 g/mol. The number of allylic oxidation sites excluding steroid dienone is 2. The molecule has 0 saturated heterocycles. The number of aromatic nitrogens is 2. The maximum atomic E-state index is 11.0. The van der Waals surface area contributed by atoms with Gasteiger partial charge in [-0.15, -0.1) is 11.3 Å². The van der Waals surface area contributed by atoms with Gasteiger partial charge in [-0.1, -0.05) is 35.3 Å². The highest BCUT2D eigenvalue weighted by atomic mass is 35.5. The lowest BCUT2D eigenvalue weighted by molar-refractivity contribution is -0.105. The number of hydrogen-bond donors (Lipinski definition) is 2. The molecule has 0 bridgehead atoms. The van der Waals surface area contributed by atoms with Gasteiger partial charge in [0.25, 0.3) is 0 Å². The molecule has 32 heavy (non-hydrogen) atoms. The summed E-state index contributed by atoms with van der Waals surface area (Å²) in [7, 11) is 3.16. The smallest absolute Gasteiger partial charge is 0.211 e. The van der Waals surface area contributed by atoms with Gasteiger partial charge in [-0.25, -0.2) is 9.97 Å². The highest BCUT2D eigenvalue weighted by molar-refractivity contribution is 7.19. The molecule has 0 fully saturated rings. The summed E-state index contributed by atoms with van der Waals surface area (Å²) in [5, 5.41) is 7.58. The molecule has 10 heteroatoms. The largest absolute Gasteiger partial charge is 0.499 e. The maximum absolute atomic E-state index is 11.0. The van der Waals surface area contributed by atoms with Gasteiger partial charge in [0.1, 0.15) is 28.2 Å². The van der Waals surface area contributed by atoms with E-state index in [1.165, 1.54) is 11.3 Å². The minimum Gasteiger partial charge on any atom is -0.499 e. The van der Waals surface area contributed by atoms with E-state index >= 15 is 0 Å². The lowest BCUT2D eigenvalue weighted by Gasteiger charge is -2.24. The number of aryl methyl sites for hydroxylation is 1. The first-order valence-corrected chi connectivity index (χ1v) is 11.2. The molecule has 4 rings (SSSR count). The summed E-state index contributed by atoms with van der Waals surface area (Å²) in [5.74, 6) is 1.22. The second-order valence-corrected chi connectivity index (χ2v) is 8.85. The third-order valence-corrected chi connectivity index (χ3v) is 6.98. The summed E-state index contributed by atoms with van der Waals surface area (Å²) >= 11 is 14.7. The molecule has 2 N–H and O–H groups in total. The van der Waals surface area contributed by atoms with Crippen LogP contribution in [-0.4, -0.2) is 36.7 Å². The van der Waals surface area contributed by atoms with Crippen LogP contribution in [0, 0.1) is 6.92 Å². The minimum absolute atomic E-state index is 0.351. The highest BCUT2D eigenvalue weighted by Gasteiger charge is 2.31. The molecule has 2 heterocycles. The normalized spacial score (nSPS) is 16.5. The monoisotopic (exact) mass is 490 g/mol. The number of para-hydroxylation sites is 1. The van der Waals surface area contributed by atoms with Gasteiger partial charge in [0.15, 0.2) is 0 Å². The molecule has 0 aliphatic heterocycles. The first kappa shape index (κ1) is 22.5. The Bertz CT molecular complexity index is 1260. The van der Waals surface area contributed by atoms with Crippen molar-refractivity contribution in [1.29, 1.82) is 0 Å². The third kappa shape index (κ3) is 4.19. The van der Waals surface area contributed by atoms with Crippen LogP contribution < -0.4 is 10.6 Å². The summed E-state index contributed by atoms with van der Waals surface area (Å²) in [6.45, 7) is 1.95. The van der Waals surface area contributed by atoms with E-state index in [4.69, 9.17) is 32.7 Å². The predicted molar refractivity (Wildman–Crippen MR) is 130 cm³/mol. The Hall–Kier alpha value is -2.65. The van der Waals surface area contributed by atoms with Gasteiger partial charge in [0.05, 0.1) is 39.4 Å². The first-order chi connectivity index (χ1) is 15.5. The number of anilines is 3. The van der Waals surface area contributed by atoms with E-state index in [9.17, 15) is 4.79 Å². The molecule has 1 atom stereocenters. The van der Waals surface area contributed by atoms with Gasteiger partial charge in [0.2, 0.25) is 6.41 Å². The third-order valence-electron chi connectivity index (χ3n) is 5.12. The molecule has 166 valence electrons. The molecule has 1 aliphatic carbocycles. The molecule has 0 saturated carbocycles. The molecule has 1 amide bonds. The fraction of sp³-hybridized carbons (Fsp3) is 0.227. The summed E-state index contributed by atoms with van der Waals surface area (Å²) < 4.78 is 11.8. The second-order valence-electron chi connectivity index (χ2n) is 7.03. The van der Waals surface area contributed by atoms with Gasteiger partial charge >= 0.3 is 0 Å².